The topological polar surface area (TPSA) is 29.5 Å². The second-order valence-corrected chi connectivity index (χ2v) is 7.38. The number of fused-ring (bicyclic) bond motifs is 2. The van der Waals surface area contributed by atoms with Gasteiger partial charge in [-0.3, -0.25) is 4.90 Å². The lowest BCUT2D eigenvalue weighted by Crippen LogP contribution is -2.45. The molecule has 23 heavy (non-hydrogen) atoms. The molecule has 0 saturated carbocycles. The molecule has 0 radical (unpaired) electrons. The molecule has 1 saturated heterocycles. The van der Waals surface area contributed by atoms with Gasteiger partial charge in [-0.1, -0.05) is 48.6 Å². The lowest BCUT2D eigenvalue weighted by molar-refractivity contribution is 0.0168. The SMILES string of the molecule is CC(C)(C)OC(=O)N1C2C=C(/C=C/c3ccccc3)CC1CC2. The summed E-state index contributed by atoms with van der Waals surface area (Å²) >= 11 is 0. The monoisotopic (exact) mass is 311 g/mol. The predicted octanol–water partition coefficient (Wildman–Crippen LogP) is 4.80. The molecule has 0 aromatic heterocycles. The molecule has 2 aliphatic rings. The van der Waals surface area contributed by atoms with Crippen molar-refractivity contribution >= 4 is 12.2 Å². The molecule has 1 aromatic carbocycles. The van der Waals surface area contributed by atoms with E-state index in [2.05, 4.69) is 30.4 Å². The molecule has 0 spiro atoms. The summed E-state index contributed by atoms with van der Waals surface area (Å²) in [6.45, 7) is 5.75. The number of rotatable bonds is 2. The average molecular weight is 311 g/mol. The number of benzene rings is 1. The fourth-order valence-corrected chi connectivity index (χ4v) is 3.35. The molecule has 2 aliphatic heterocycles. The molecule has 1 aromatic rings. The van der Waals surface area contributed by atoms with E-state index in [0.717, 1.165) is 19.3 Å². The van der Waals surface area contributed by atoms with Crippen molar-refractivity contribution in [1.29, 1.82) is 0 Å². The van der Waals surface area contributed by atoms with Gasteiger partial charge in [0.1, 0.15) is 5.60 Å². The molecule has 2 bridgehead atoms. The zero-order chi connectivity index (χ0) is 16.4. The minimum Gasteiger partial charge on any atom is -0.444 e. The normalized spacial score (nSPS) is 24.0. The number of hydrogen-bond donors (Lipinski definition) is 0. The van der Waals surface area contributed by atoms with E-state index < -0.39 is 5.60 Å². The van der Waals surface area contributed by atoms with Gasteiger partial charge in [0.25, 0.3) is 0 Å². The maximum absolute atomic E-state index is 12.4. The molecular weight excluding hydrogens is 286 g/mol. The van der Waals surface area contributed by atoms with Crippen molar-refractivity contribution in [3.63, 3.8) is 0 Å². The fourth-order valence-electron chi connectivity index (χ4n) is 3.35. The molecule has 3 heteroatoms. The summed E-state index contributed by atoms with van der Waals surface area (Å²) < 4.78 is 5.56. The Morgan fingerprint density at radius 1 is 1.17 bits per heavy atom. The minimum absolute atomic E-state index is 0.174. The van der Waals surface area contributed by atoms with Crippen LogP contribution in [0, 0.1) is 0 Å². The number of ether oxygens (including phenoxy) is 1. The number of carbonyl (C=O) groups excluding carboxylic acids is 1. The van der Waals surface area contributed by atoms with Crippen LogP contribution < -0.4 is 0 Å². The Bertz CT molecular complexity index is 625. The first-order valence-electron chi connectivity index (χ1n) is 8.37. The Morgan fingerprint density at radius 3 is 2.57 bits per heavy atom. The van der Waals surface area contributed by atoms with Crippen LogP contribution in [0.15, 0.2) is 48.1 Å². The van der Waals surface area contributed by atoms with Crippen molar-refractivity contribution in [3.8, 4) is 0 Å². The van der Waals surface area contributed by atoms with Crippen LogP contribution in [0.4, 0.5) is 4.79 Å². The third kappa shape index (κ3) is 3.84. The van der Waals surface area contributed by atoms with Crippen LogP contribution in [0.5, 0.6) is 0 Å². The van der Waals surface area contributed by atoms with Gasteiger partial charge in [0.15, 0.2) is 0 Å². The van der Waals surface area contributed by atoms with E-state index in [1.165, 1.54) is 11.1 Å². The van der Waals surface area contributed by atoms with Crippen molar-refractivity contribution < 1.29 is 9.53 Å². The minimum atomic E-state index is -0.437. The summed E-state index contributed by atoms with van der Waals surface area (Å²) in [5, 5.41) is 0. The molecule has 3 nitrogen and oxygen atoms in total. The molecule has 1 fully saturated rings. The number of allylic oxidation sites excluding steroid dienone is 1. The standard InChI is InChI=1S/C20H25NO2/c1-20(2,3)23-19(22)21-17-11-12-18(21)14-16(13-17)10-9-15-7-5-4-6-8-15/h4-10,13,17-18H,11-12,14H2,1-3H3/b10-9+. The first kappa shape index (κ1) is 15.9. The van der Waals surface area contributed by atoms with E-state index in [4.69, 9.17) is 4.74 Å². The lowest BCUT2D eigenvalue weighted by atomic mass is 10.0. The van der Waals surface area contributed by atoms with Crippen molar-refractivity contribution in [2.45, 2.75) is 57.7 Å². The lowest BCUT2D eigenvalue weighted by Gasteiger charge is -2.34. The first-order chi connectivity index (χ1) is 10.9. The summed E-state index contributed by atoms with van der Waals surface area (Å²) in [5.41, 5.74) is 2.09. The Hall–Kier alpha value is -2.03. The van der Waals surface area contributed by atoms with Crippen molar-refractivity contribution in [2.24, 2.45) is 0 Å². The average Bonchev–Trinajstić information content (AvgIpc) is 2.76. The van der Waals surface area contributed by atoms with E-state index in [1.807, 2.05) is 43.9 Å². The van der Waals surface area contributed by atoms with Gasteiger partial charge < -0.3 is 4.74 Å². The van der Waals surface area contributed by atoms with Crippen LogP contribution in [-0.2, 0) is 4.74 Å². The molecule has 2 unspecified atom stereocenters. The second-order valence-electron chi connectivity index (χ2n) is 7.38. The second kappa shape index (κ2) is 6.23. The summed E-state index contributed by atoms with van der Waals surface area (Å²) in [6.07, 6.45) is 9.40. The number of amides is 1. The van der Waals surface area contributed by atoms with Gasteiger partial charge in [-0.25, -0.2) is 4.79 Å². The van der Waals surface area contributed by atoms with Gasteiger partial charge in [0.05, 0.1) is 6.04 Å². The summed E-state index contributed by atoms with van der Waals surface area (Å²) in [5.74, 6) is 0. The van der Waals surface area contributed by atoms with E-state index in [1.54, 1.807) is 0 Å². The molecule has 0 N–H and O–H groups in total. The van der Waals surface area contributed by atoms with Gasteiger partial charge in [-0.15, -0.1) is 0 Å². The number of carbonyl (C=O) groups is 1. The molecule has 1 amide bonds. The van der Waals surface area contributed by atoms with Crippen LogP contribution in [0.2, 0.25) is 0 Å². The largest absolute Gasteiger partial charge is 0.444 e. The van der Waals surface area contributed by atoms with Gasteiger partial charge in [-0.2, -0.15) is 0 Å². The van der Waals surface area contributed by atoms with Crippen LogP contribution in [0.25, 0.3) is 6.08 Å². The Kier molecular flexibility index (Phi) is 4.29. The molecule has 3 rings (SSSR count). The van der Waals surface area contributed by atoms with Crippen molar-refractivity contribution in [2.75, 3.05) is 0 Å². The van der Waals surface area contributed by atoms with Crippen LogP contribution in [0.3, 0.4) is 0 Å². The Morgan fingerprint density at radius 2 is 1.91 bits per heavy atom. The molecule has 2 atom stereocenters. The summed E-state index contributed by atoms with van der Waals surface area (Å²) in [4.78, 5) is 14.4. The number of nitrogens with zero attached hydrogens (tertiary/aromatic N) is 1. The summed E-state index contributed by atoms with van der Waals surface area (Å²) in [7, 11) is 0. The van der Waals surface area contributed by atoms with Gasteiger partial charge in [-0.05, 0) is 51.2 Å². The van der Waals surface area contributed by atoms with Crippen LogP contribution in [-0.4, -0.2) is 28.7 Å². The highest BCUT2D eigenvalue weighted by Crippen LogP contribution is 2.36. The van der Waals surface area contributed by atoms with Gasteiger partial charge >= 0.3 is 6.09 Å². The van der Waals surface area contributed by atoms with E-state index >= 15 is 0 Å². The van der Waals surface area contributed by atoms with Crippen LogP contribution in [0.1, 0.15) is 45.6 Å². The summed E-state index contributed by atoms with van der Waals surface area (Å²) in [6, 6.07) is 10.8. The van der Waals surface area contributed by atoms with Crippen molar-refractivity contribution in [3.05, 3.63) is 53.6 Å². The molecular formula is C20H25NO2. The molecule has 122 valence electrons. The quantitative estimate of drug-likeness (QED) is 0.785. The molecule has 2 heterocycles. The van der Waals surface area contributed by atoms with E-state index in [0.29, 0.717) is 0 Å². The fraction of sp³-hybridized carbons (Fsp3) is 0.450. The number of hydrogen-bond acceptors (Lipinski definition) is 2. The maximum Gasteiger partial charge on any atom is 0.411 e. The zero-order valence-corrected chi connectivity index (χ0v) is 14.2. The van der Waals surface area contributed by atoms with Crippen LogP contribution >= 0.6 is 0 Å². The maximum atomic E-state index is 12.4. The molecule has 0 aliphatic carbocycles. The van der Waals surface area contributed by atoms with E-state index in [9.17, 15) is 4.79 Å². The zero-order valence-electron chi connectivity index (χ0n) is 14.2. The highest BCUT2D eigenvalue weighted by Gasteiger charge is 2.40. The Labute approximate surface area is 138 Å². The van der Waals surface area contributed by atoms with E-state index in [-0.39, 0.29) is 18.2 Å². The van der Waals surface area contributed by atoms with Gasteiger partial charge in [0, 0.05) is 6.04 Å². The highest BCUT2D eigenvalue weighted by molar-refractivity contribution is 5.70. The third-order valence-electron chi connectivity index (χ3n) is 4.32. The Balaban J connectivity index is 1.71. The highest BCUT2D eigenvalue weighted by atomic mass is 16.6. The first-order valence-corrected chi connectivity index (χ1v) is 8.37. The van der Waals surface area contributed by atoms with Crippen molar-refractivity contribution in [1.82, 2.24) is 4.90 Å². The van der Waals surface area contributed by atoms with Gasteiger partial charge in [0.2, 0.25) is 0 Å². The predicted molar refractivity (Wildman–Crippen MR) is 93.1 cm³/mol. The smallest absolute Gasteiger partial charge is 0.411 e. The third-order valence-corrected chi connectivity index (χ3v) is 4.32.